The molecule has 1 heterocycles. The number of hydrogen-bond acceptors (Lipinski definition) is 4. The van der Waals surface area contributed by atoms with Gasteiger partial charge in [-0.3, -0.25) is 9.36 Å². The zero-order valence-electron chi connectivity index (χ0n) is 7.98. The van der Waals surface area contributed by atoms with E-state index in [0.29, 0.717) is 18.3 Å². The van der Waals surface area contributed by atoms with Crippen LogP contribution in [0.4, 0.5) is 5.95 Å². The van der Waals surface area contributed by atoms with Crippen LogP contribution in [0.25, 0.3) is 0 Å². The van der Waals surface area contributed by atoms with Gasteiger partial charge in [0.15, 0.2) is 5.82 Å². The molecule has 0 atom stereocenters. The highest BCUT2D eigenvalue weighted by molar-refractivity contribution is 5.72. The van der Waals surface area contributed by atoms with Crippen LogP contribution in [-0.4, -0.2) is 32.6 Å². The summed E-state index contributed by atoms with van der Waals surface area (Å²) >= 11 is 0. The van der Waals surface area contributed by atoms with Crippen molar-refractivity contribution in [2.45, 2.75) is 13.5 Å². The number of nitrogens with zero attached hydrogens (tertiary/aromatic N) is 4. The molecule has 1 rings (SSSR count). The van der Waals surface area contributed by atoms with Gasteiger partial charge in [-0.2, -0.15) is 0 Å². The number of aromatic nitrogens is 3. The van der Waals surface area contributed by atoms with Gasteiger partial charge in [0.2, 0.25) is 11.9 Å². The van der Waals surface area contributed by atoms with Gasteiger partial charge < -0.3 is 10.6 Å². The third kappa shape index (κ3) is 1.95. The molecular weight excluding hydrogens is 170 g/mol. The second-order valence-electron chi connectivity index (χ2n) is 2.91. The van der Waals surface area contributed by atoms with Crippen LogP contribution in [0.5, 0.6) is 0 Å². The molecule has 0 spiro atoms. The van der Waals surface area contributed by atoms with E-state index in [0.717, 1.165) is 0 Å². The molecule has 0 fully saturated rings. The van der Waals surface area contributed by atoms with E-state index in [4.69, 9.17) is 5.73 Å². The van der Waals surface area contributed by atoms with Crippen LogP contribution in [0, 0.1) is 0 Å². The number of hydrogen-bond donors (Lipinski definition) is 1. The fraction of sp³-hybridized carbons (Fsp3) is 0.571. The van der Waals surface area contributed by atoms with E-state index in [9.17, 15) is 4.79 Å². The van der Waals surface area contributed by atoms with E-state index in [1.807, 2.05) is 0 Å². The number of nitrogen functional groups attached to an aromatic ring is 1. The molecule has 0 bridgehead atoms. The molecule has 1 aromatic heterocycles. The summed E-state index contributed by atoms with van der Waals surface area (Å²) in [7, 11) is 3.46. The lowest BCUT2D eigenvalue weighted by atomic mass is 10.5. The number of carbonyl (C=O) groups excluding carboxylic acids is 1. The van der Waals surface area contributed by atoms with Crippen molar-refractivity contribution in [3.05, 3.63) is 5.82 Å². The van der Waals surface area contributed by atoms with E-state index in [-0.39, 0.29) is 5.91 Å². The maximum atomic E-state index is 10.9. The van der Waals surface area contributed by atoms with Gasteiger partial charge in [0, 0.05) is 21.0 Å². The van der Waals surface area contributed by atoms with Crippen LogP contribution >= 0.6 is 0 Å². The van der Waals surface area contributed by atoms with Crippen molar-refractivity contribution in [1.29, 1.82) is 0 Å². The zero-order chi connectivity index (χ0) is 10.0. The summed E-state index contributed by atoms with van der Waals surface area (Å²) in [6.45, 7) is 1.93. The van der Waals surface area contributed by atoms with Gasteiger partial charge in [-0.15, -0.1) is 10.2 Å². The average molecular weight is 183 g/mol. The first kappa shape index (κ1) is 9.50. The normalized spacial score (nSPS) is 10.1. The predicted molar refractivity (Wildman–Crippen MR) is 47.6 cm³/mol. The van der Waals surface area contributed by atoms with Gasteiger partial charge in [0.05, 0.1) is 6.54 Å². The Morgan fingerprint density at radius 2 is 2.23 bits per heavy atom. The van der Waals surface area contributed by atoms with Crippen LogP contribution in [0.3, 0.4) is 0 Å². The highest BCUT2D eigenvalue weighted by atomic mass is 16.2. The predicted octanol–water partition coefficient (Wildman–Crippen LogP) is -0.624. The lowest BCUT2D eigenvalue weighted by molar-refractivity contribution is -0.128. The second-order valence-corrected chi connectivity index (χ2v) is 2.91. The van der Waals surface area contributed by atoms with Gasteiger partial charge in [-0.1, -0.05) is 0 Å². The molecule has 72 valence electrons. The van der Waals surface area contributed by atoms with Crippen molar-refractivity contribution in [1.82, 2.24) is 19.7 Å². The quantitative estimate of drug-likeness (QED) is 0.662. The Labute approximate surface area is 76.3 Å². The van der Waals surface area contributed by atoms with Crippen molar-refractivity contribution >= 4 is 11.9 Å². The summed E-state index contributed by atoms with van der Waals surface area (Å²) in [5, 5.41) is 7.51. The summed E-state index contributed by atoms with van der Waals surface area (Å²) in [5.74, 6) is 1.02. The molecular formula is C7H13N5O. The first-order valence-electron chi connectivity index (χ1n) is 3.88. The molecule has 0 aliphatic heterocycles. The van der Waals surface area contributed by atoms with Crippen molar-refractivity contribution in [3.63, 3.8) is 0 Å². The fourth-order valence-electron chi connectivity index (χ4n) is 0.836. The highest BCUT2D eigenvalue weighted by Crippen LogP contribution is 2.02. The molecule has 0 saturated heterocycles. The maximum absolute atomic E-state index is 10.9. The summed E-state index contributed by atoms with van der Waals surface area (Å²) in [4.78, 5) is 12.4. The van der Waals surface area contributed by atoms with Crippen LogP contribution in [0.15, 0.2) is 0 Å². The third-order valence-corrected chi connectivity index (χ3v) is 1.91. The zero-order valence-corrected chi connectivity index (χ0v) is 7.98. The Morgan fingerprint density at radius 1 is 1.62 bits per heavy atom. The van der Waals surface area contributed by atoms with Crippen molar-refractivity contribution in [2.24, 2.45) is 7.05 Å². The molecule has 6 nitrogen and oxygen atoms in total. The SMILES string of the molecule is CC(=O)N(C)Cc1nnc(N)n1C. The first-order valence-corrected chi connectivity index (χ1v) is 3.88. The molecule has 6 heteroatoms. The topological polar surface area (TPSA) is 77.0 Å². The van der Waals surface area contributed by atoms with Gasteiger partial charge in [0.1, 0.15) is 0 Å². The van der Waals surface area contributed by atoms with Gasteiger partial charge in [0.25, 0.3) is 0 Å². The lowest BCUT2D eigenvalue weighted by Gasteiger charge is -2.13. The lowest BCUT2D eigenvalue weighted by Crippen LogP contribution is -2.24. The number of rotatable bonds is 2. The minimum Gasteiger partial charge on any atom is -0.368 e. The Morgan fingerprint density at radius 3 is 2.62 bits per heavy atom. The largest absolute Gasteiger partial charge is 0.368 e. The second kappa shape index (κ2) is 3.42. The van der Waals surface area contributed by atoms with E-state index in [2.05, 4.69) is 10.2 Å². The Hall–Kier alpha value is -1.59. The molecule has 1 aromatic rings. The van der Waals surface area contributed by atoms with Crippen LogP contribution in [-0.2, 0) is 18.4 Å². The van der Waals surface area contributed by atoms with Crippen LogP contribution in [0.2, 0.25) is 0 Å². The summed E-state index contributed by atoms with van der Waals surface area (Å²) in [6, 6.07) is 0. The first-order chi connectivity index (χ1) is 6.02. The van der Waals surface area contributed by atoms with E-state index >= 15 is 0 Å². The molecule has 2 N–H and O–H groups in total. The summed E-state index contributed by atoms with van der Waals surface area (Å²) in [5.41, 5.74) is 5.48. The van der Waals surface area contributed by atoms with Crippen LogP contribution < -0.4 is 5.73 Å². The molecule has 0 aliphatic carbocycles. The minimum atomic E-state index is -0.0124. The van der Waals surface area contributed by atoms with E-state index in [1.54, 1.807) is 23.6 Å². The monoisotopic (exact) mass is 183 g/mol. The van der Waals surface area contributed by atoms with Gasteiger partial charge in [-0.05, 0) is 0 Å². The highest BCUT2D eigenvalue weighted by Gasteiger charge is 2.09. The summed E-state index contributed by atoms with van der Waals surface area (Å²) < 4.78 is 1.65. The maximum Gasteiger partial charge on any atom is 0.221 e. The molecule has 0 radical (unpaired) electrons. The Kier molecular flexibility index (Phi) is 2.50. The van der Waals surface area contributed by atoms with Crippen molar-refractivity contribution in [3.8, 4) is 0 Å². The molecule has 0 aromatic carbocycles. The summed E-state index contributed by atoms with van der Waals surface area (Å²) in [6.07, 6.45) is 0. The fourth-order valence-corrected chi connectivity index (χ4v) is 0.836. The Balaban J connectivity index is 2.74. The Bertz CT molecular complexity index is 319. The molecule has 0 aliphatic rings. The average Bonchev–Trinajstić information content (AvgIpc) is 2.36. The van der Waals surface area contributed by atoms with E-state index in [1.165, 1.54) is 6.92 Å². The standard InChI is InChI=1S/C7H13N5O/c1-5(13)11(2)4-6-9-10-7(8)12(6)3/h4H2,1-3H3,(H2,8,10). The number of amides is 1. The molecule has 13 heavy (non-hydrogen) atoms. The van der Waals surface area contributed by atoms with Crippen molar-refractivity contribution in [2.75, 3.05) is 12.8 Å². The number of nitrogens with two attached hydrogens (primary N) is 1. The third-order valence-electron chi connectivity index (χ3n) is 1.91. The minimum absolute atomic E-state index is 0.0124. The number of carbonyl (C=O) groups is 1. The van der Waals surface area contributed by atoms with Crippen molar-refractivity contribution < 1.29 is 4.79 Å². The van der Waals surface area contributed by atoms with E-state index < -0.39 is 0 Å². The molecule has 1 amide bonds. The molecule has 0 saturated carbocycles. The van der Waals surface area contributed by atoms with Gasteiger partial charge >= 0.3 is 0 Å². The van der Waals surface area contributed by atoms with Gasteiger partial charge in [-0.25, -0.2) is 0 Å². The number of anilines is 1. The van der Waals surface area contributed by atoms with Crippen LogP contribution in [0.1, 0.15) is 12.7 Å². The molecule has 0 unspecified atom stereocenters. The smallest absolute Gasteiger partial charge is 0.221 e.